The molecule has 0 aliphatic carbocycles. The highest BCUT2D eigenvalue weighted by Gasteiger charge is 2.18. The summed E-state index contributed by atoms with van der Waals surface area (Å²) in [6.45, 7) is 4.30. The molecule has 4 nitrogen and oxygen atoms in total. The molecular weight excluding hydrogens is 321 g/mol. The van der Waals surface area contributed by atoms with Crippen molar-refractivity contribution in [2.24, 2.45) is 5.92 Å². The van der Waals surface area contributed by atoms with E-state index in [1.165, 1.54) is 12.1 Å². The molecule has 0 spiro atoms. The Morgan fingerprint density at radius 1 is 1.16 bits per heavy atom. The van der Waals surface area contributed by atoms with Crippen molar-refractivity contribution in [2.45, 2.75) is 26.5 Å². The number of carbonyl (C=O) groups excluding carboxylic acids is 1. The van der Waals surface area contributed by atoms with Crippen LogP contribution in [0, 0.1) is 11.7 Å². The summed E-state index contributed by atoms with van der Waals surface area (Å²) in [5, 5.41) is 2.95. The molecule has 1 amide bonds. The molecule has 2 aromatic rings. The zero-order chi connectivity index (χ0) is 18.2. The van der Waals surface area contributed by atoms with E-state index >= 15 is 0 Å². The van der Waals surface area contributed by atoms with Gasteiger partial charge in [0.2, 0.25) is 5.91 Å². The maximum absolute atomic E-state index is 13.1. The molecule has 2 aromatic carbocycles. The van der Waals surface area contributed by atoms with E-state index in [9.17, 15) is 9.18 Å². The molecule has 1 atom stereocenters. The maximum atomic E-state index is 13.1. The van der Waals surface area contributed by atoms with Crippen LogP contribution in [-0.4, -0.2) is 19.6 Å². The molecule has 0 saturated carbocycles. The highest BCUT2D eigenvalue weighted by molar-refractivity contribution is 5.77. The normalized spacial score (nSPS) is 12.0. The summed E-state index contributed by atoms with van der Waals surface area (Å²) in [6, 6.07) is 13.5. The molecule has 0 unspecified atom stereocenters. The number of amides is 1. The van der Waals surface area contributed by atoms with Gasteiger partial charge in [0.15, 0.2) is 0 Å². The second kappa shape index (κ2) is 9.18. The Balaban J connectivity index is 1.87. The van der Waals surface area contributed by atoms with E-state index < -0.39 is 0 Å². The highest BCUT2D eigenvalue weighted by Crippen LogP contribution is 2.22. The Morgan fingerprint density at radius 2 is 1.88 bits per heavy atom. The number of ether oxygens (including phenoxy) is 2. The van der Waals surface area contributed by atoms with Crippen molar-refractivity contribution in [1.82, 2.24) is 5.32 Å². The molecule has 0 radical (unpaired) electrons. The third kappa shape index (κ3) is 5.87. The van der Waals surface area contributed by atoms with E-state index in [2.05, 4.69) is 5.32 Å². The van der Waals surface area contributed by atoms with Crippen molar-refractivity contribution < 1.29 is 18.7 Å². The minimum absolute atomic E-state index is 0.0401. The molecule has 134 valence electrons. The van der Waals surface area contributed by atoms with Gasteiger partial charge in [-0.15, -0.1) is 0 Å². The van der Waals surface area contributed by atoms with Crippen LogP contribution >= 0.6 is 0 Å². The second-order valence-electron chi connectivity index (χ2n) is 6.19. The van der Waals surface area contributed by atoms with Gasteiger partial charge < -0.3 is 14.8 Å². The lowest BCUT2D eigenvalue weighted by Crippen LogP contribution is -2.34. The van der Waals surface area contributed by atoms with Gasteiger partial charge in [-0.1, -0.05) is 38.1 Å². The quantitative estimate of drug-likeness (QED) is 0.790. The van der Waals surface area contributed by atoms with Gasteiger partial charge in [-0.2, -0.15) is 0 Å². The number of carbonyl (C=O) groups is 1. The van der Waals surface area contributed by atoms with Crippen LogP contribution in [0.4, 0.5) is 4.39 Å². The Kier molecular flexibility index (Phi) is 6.95. The van der Waals surface area contributed by atoms with Crippen molar-refractivity contribution in [1.29, 1.82) is 0 Å². The monoisotopic (exact) mass is 345 g/mol. The third-order valence-electron chi connectivity index (χ3n) is 3.85. The van der Waals surface area contributed by atoms with Crippen LogP contribution in [-0.2, 0) is 16.1 Å². The van der Waals surface area contributed by atoms with Crippen LogP contribution in [0.25, 0.3) is 0 Å². The van der Waals surface area contributed by atoms with Gasteiger partial charge in [-0.3, -0.25) is 4.79 Å². The topological polar surface area (TPSA) is 47.6 Å². The minimum atomic E-state index is -0.292. The first-order valence-electron chi connectivity index (χ1n) is 8.25. The molecule has 1 N–H and O–H groups in total. The molecule has 0 aliphatic rings. The molecule has 0 heterocycles. The predicted octanol–water partition coefficient (Wildman–Crippen LogP) is 3.86. The summed E-state index contributed by atoms with van der Waals surface area (Å²) in [5.74, 6) is 0.430. The van der Waals surface area contributed by atoms with Gasteiger partial charge in [-0.25, -0.2) is 4.39 Å². The standard InChI is InChI=1S/C20H24FNO3/c1-14(2)20(16-7-9-17(21)10-8-16)22-19(23)13-25-12-15-5-4-6-18(11-15)24-3/h4-11,14,20H,12-13H2,1-3H3,(H,22,23)/t20-/m1/s1. The van der Waals surface area contributed by atoms with Crippen LogP contribution in [0.5, 0.6) is 5.75 Å². The van der Waals surface area contributed by atoms with Crippen LogP contribution in [0.1, 0.15) is 31.0 Å². The Hall–Kier alpha value is -2.40. The molecule has 0 aliphatic heterocycles. The lowest BCUT2D eigenvalue weighted by atomic mass is 9.96. The number of hydrogen-bond donors (Lipinski definition) is 1. The first-order valence-corrected chi connectivity index (χ1v) is 8.25. The zero-order valence-corrected chi connectivity index (χ0v) is 14.8. The zero-order valence-electron chi connectivity index (χ0n) is 14.8. The first-order chi connectivity index (χ1) is 12.0. The fourth-order valence-corrected chi connectivity index (χ4v) is 2.54. The van der Waals surface area contributed by atoms with Gasteiger partial charge >= 0.3 is 0 Å². The van der Waals surface area contributed by atoms with E-state index in [1.807, 2.05) is 38.1 Å². The van der Waals surface area contributed by atoms with Gasteiger partial charge in [0.25, 0.3) is 0 Å². The van der Waals surface area contributed by atoms with Crippen molar-refractivity contribution in [3.05, 3.63) is 65.5 Å². The number of halogens is 1. The molecule has 0 saturated heterocycles. The van der Waals surface area contributed by atoms with Crippen LogP contribution < -0.4 is 10.1 Å². The van der Waals surface area contributed by atoms with Crippen molar-refractivity contribution in [3.63, 3.8) is 0 Å². The van der Waals surface area contributed by atoms with Crippen molar-refractivity contribution in [3.8, 4) is 5.75 Å². The SMILES string of the molecule is COc1cccc(COCC(=O)N[C@@H](c2ccc(F)cc2)C(C)C)c1. The molecular formula is C20H24FNO3. The number of nitrogens with one attached hydrogen (secondary N) is 1. The summed E-state index contributed by atoms with van der Waals surface area (Å²) >= 11 is 0. The lowest BCUT2D eigenvalue weighted by molar-refractivity contribution is -0.127. The average Bonchev–Trinajstić information content (AvgIpc) is 2.60. The lowest BCUT2D eigenvalue weighted by Gasteiger charge is -2.23. The Morgan fingerprint density at radius 3 is 2.52 bits per heavy atom. The van der Waals surface area contributed by atoms with Crippen molar-refractivity contribution >= 4 is 5.91 Å². The van der Waals surface area contributed by atoms with Gasteiger partial charge in [0, 0.05) is 0 Å². The fourth-order valence-electron chi connectivity index (χ4n) is 2.54. The Bertz CT molecular complexity index is 686. The van der Waals surface area contributed by atoms with E-state index in [0.717, 1.165) is 16.9 Å². The molecule has 0 bridgehead atoms. The third-order valence-corrected chi connectivity index (χ3v) is 3.85. The van der Waals surface area contributed by atoms with Gasteiger partial charge in [0.05, 0.1) is 19.8 Å². The largest absolute Gasteiger partial charge is 0.497 e. The molecule has 0 fully saturated rings. The van der Waals surface area contributed by atoms with E-state index in [4.69, 9.17) is 9.47 Å². The number of hydrogen-bond acceptors (Lipinski definition) is 3. The summed E-state index contributed by atoms with van der Waals surface area (Å²) in [5.41, 5.74) is 1.81. The smallest absolute Gasteiger partial charge is 0.246 e. The van der Waals surface area contributed by atoms with E-state index in [1.54, 1.807) is 19.2 Å². The minimum Gasteiger partial charge on any atom is -0.497 e. The molecule has 25 heavy (non-hydrogen) atoms. The molecule has 5 heteroatoms. The summed E-state index contributed by atoms with van der Waals surface area (Å²) in [4.78, 5) is 12.2. The fraction of sp³-hybridized carbons (Fsp3) is 0.350. The van der Waals surface area contributed by atoms with Crippen LogP contribution in [0.15, 0.2) is 48.5 Å². The molecule has 2 rings (SSSR count). The maximum Gasteiger partial charge on any atom is 0.246 e. The van der Waals surface area contributed by atoms with E-state index in [-0.39, 0.29) is 30.3 Å². The molecule has 0 aromatic heterocycles. The Labute approximate surface area is 148 Å². The van der Waals surface area contributed by atoms with Crippen molar-refractivity contribution in [2.75, 3.05) is 13.7 Å². The van der Waals surface area contributed by atoms with E-state index in [0.29, 0.717) is 6.61 Å². The summed E-state index contributed by atoms with van der Waals surface area (Å²) in [7, 11) is 1.61. The highest BCUT2D eigenvalue weighted by atomic mass is 19.1. The average molecular weight is 345 g/mol. The van der Waals surface area contributed by atoms with Crippen LogP contribution in [0.2, 0.25) is 0 Å². The number of benzene rings is 2. The first kappa shape index (κ1) is 18.9. The number of rotatable bonds is 8. The summed E-state index contributed by atoms with van der Waals surface area (Å²) in [6.07, 6.45) is 0. The van der Waals surface area contributed by atoms with Gasteiger partial charge in [-0.05, 0) is 41.3 Å². The van der Waals surface area contributed by atoms with Gasteiger partial charge in [0.1, 0.15) is 18.2 Å². The van der Waals surface area contributed by atoms with Crippen LogP contribution in [0.3, 0.4) is 0 Å². The predicted molar refractivity (Wildman–Crippen MR) is 94.8 cm³/mol. The number of methoxy groups -OCH3 is 1. The summed E-state index contributed by atoms with van der Waals surface area (Å²) < 4.78 is 23.7. The second-order valence-corrected chi connectivity index (χ2v) is 6.19.